The molecule has 2 saturated carbocycles. The molecule has 0 aromatic heterocycles. The summed E-state index contributed by atoms with van der Waals surface area (Å²) in [5, 5.41) is 0. The molecule has 0 aromatic rings. The van der Waals surface area contributed by atoms with Crippen molar-refractivity contribution in [2.75, 3.05) is 0 Å². The van der Waals surface area contributed by atoms with Crippen LogP contribution in [0.15, 0.2) is 36.1 Å². The summed E-state index contributed by atoms with van der Waals surface area (Å²) < 4.78 is 4.78. The summed E-state index contributed by atoms with van der Waals surface area (Å²) in [4.78, 5) is 22.1. The first-order chi connectivity index (χ1) is 11.7. The quantitative estimate of drug-likeness (QED) is 0.168. The van der Waals surface area contributed by atoms with Crippen LogP contribution in [-0.2, 0) is 14.3 Å². The lowest BCUT2D eigenvalue weighted by Gasteiger charge is -2.58. The van der Waals surface area contributed by atoms with Gasteiger partial charge in [-0.2, -0.15) is 0 Å². The molecule has 138 valence electrons. The van der Waals surface area contributed by atoms with E-state index in [2.05, 4.69) is 27.4 Å². The second-order valence-corrected chi connectivity index (χ2v) is 8.62. The number of ether oxygens (including phenoxy) is 1. The first-order valence-corrected chi connectivity index (χ1v) is 9.37. The van der Waals surface area contributed by atoms with Gasteiger partial charge in [-0.1, -0.05) is 45.4 Å². The second kappa shape index (κ2) is 7.72. The maximum absolute atomic E-state index is 11.3. The molecule has 0 N–H and O–H groups in total. The van der Waals surface area contributed by atoms with Crippen molar-refractivity contribution in [3.63, 3.8) is 0 Å². The standard InChI is InChI=1S/C22H32O3/c1-16-7-10-20-21(3,4)12-6-13-22(20,5)19(16)9-8-18(15-23)11-14-25-17(2)24/h8,11,14-15,19-20H,1,6-7,9-10,12-13H2,2-5H3/b14-11-,18-8+/t19-,20-,22+/m1/s1. The Bertz CT molecular complexity index is 596. The number of carbonyl (C=O) groups is 2. The molecule has 0 aromatic carbocycles. The summed E-state index contributed by atoms with van der Waals surface area (Å²) in [6.45, 7) is 13.0. The fourth-order valence-electron chi connectivity index (χ4n) is 5.33. The van der Waals surface area contributed by atoms with Crippen LogP contribution in [0.2, 0.25) is 0 Å². The van der Waals surface area contributed by atoms with E-state index in [1.165, 1.54) is 44.4 Å². The van der Waals surface area contributed by atoms with E-state index in [1.807, 2.05) is 6.08 Å². The Morgan fingerprint density at radius 2 is 2.04 bits per heavy atom. The van der Waals surface area contributed by atoms with Crippen molar-refractivity contribution in [2.24, 2.45) is 22.7 Å². The van der Waals surface area contributed by atoms with Crippen LogP contribution in [0.3, 0.4) is 0 Å². The molecule has 3 nitrogen and oxygen atoms in total. The molecule has 0 spiro atoms. The van der Waals surface area contributed by atoms with Crippen molar-refractivity contribution in [1.29, 1.82) is 0 Å². The third kappa shape index (κ3) is 4.31. The first kappa shape index (κ1) is 19.7. The largest absolute Gasteiger partial charge is 0.435 e. The highest BCUT2D eigenvalue weighted by Crippen LogP contribution is 2.61. The van der Waals surface area contributed by atoms with E-state index in [9.17, 15) is 9.59 Å². The summed E-state index contributed by atoms with van der Waals surface area (Å²) in [5.41, 5.74) is 2.50. The summed E-state index contributed by atoms with van der Waals surface area (Å²) in [5.74, 6) is 0.721. The number of hydrogen-bond donors (Lipinski definition) is 0. The fraction of sp³-hybridized carbons (Fsp3) is 0.636. The molecule has 0 amide bonds. The molecule has 25 heavy (non-hydrogen) atoms. The van der Waals surface area contributed by atoms with Crippen LogP contribution >= 0.6 is 0 Å². The van der Waals surface area contributed by atoms with E-state index in [0.717, 1.165) is 19.1 Å². The Morgan fingerprint density at radius 1 is 1.32 bits per heavy atom. The first-order valence-electron chi connectivity index (χ1n) is 9.37. The zero-order chi connectivity index (χ0) is 18.7. The highest BCUT2D eigenvalue weighted by Gasteiger charge is 2.52. The third-order valence-electron chi connectivity index (χ3n) is 6.54. The Hall–Kier alpha value is -1.64. The van der Waals surface area contributed by atoms with E-state index in [-0.39, 0.29) is 11.4 Å². The summed E-state index contributed by atoms with van der Waals surface area (Å²) >= 11 is 0. The van der Waals surface area contributed by atoms with Gasteiger partial charge in [0.25, 0.3) is 0 Å². The minimum atomic E-state index is -0.387. The molecule has 2 fully saturated rings. The molecule has 0 saturated heterocycles. The van der Waals surface area contributed by atoms with Crippen molar-refractivity contribution >= 4 is 12.3 Å². The Balaban J connectivity index is 2.19. The molecule has 2 aliphatic carbocycles. The van der Waals surface area contributed by atoms with Gasteiger partial charge in [-0.15, -0.1) is 0 Å². The molecule has 0 aliphatic heterocycles. The Kier molecular flexibility index (Phi) is 6.08. The molecule has 2 rings (SSSR count). The van der Waals surface area contributed by atoms with Crippen LogP contribution < -0.4 is 0 Å². The van der Waals surface area contributed by atoms with Gasteiger partial charge in [-0.25, -0.2) is 0 Å². The van der Waals surface area contributed by atoms with Crippen molar-refractivity contribution in [3.8, 4) is 0 Å². The van der Waals surface area contributed by atoms with Gasteiger partial charge in [-0.3, -0.25) is 9.59 Å². The van der Waals surface area contributed by atoms with Crippen molar-refractivity contribution < 1.29 is 14.3 Å². The highest BCUT2D eigenvalue weighted by molar-refractivity contribution is 5.77. The minimum absolute atomic E-state index is 0.251. The summed E-state index contributed by atoms with van der Waals surface area (Å²) in [6.07, 6.45) is 12.6. The monoisotopic (exact) mass is 344 g/mol. The topological polar surface area (TPSA) is 43.4 Å². The number of aldehydes is 1. The Labute approximate surface area is 152 Å². The molecule has 0 unspecified atom stereocenters. The van der Waals surface area contributed by atoms with Crippen LogP contribution in [0.5, 0.6) is 0 Å². The number of allylic oxidation sites excluding steroid dienone is 4. The lowest BCUT2D eigenvalue weighted by molar-refractivity contribution is -0.135. The number of rotatable bonds is 5. The van der Waals surface area contributed by atoms with E-state index in [1.54, 1.807) is 6.08 Å². The number of fused-ring (bicyclic) bond motifs is 1. The van der Waals surface area contributed by atoms with E-state index in [0.29, 0.717) is 22.8 Å². The molecule has 3 heteroatoms. The van der Waals surface area contributed by atoms with E-state index in [4.69, 9.17) is 4.74 Å². The van der Waals surface area contributed by atoms with Crippen molar-refractivity contribution in [2.45, 2.75) is 66.2 Å². The van der Waals surface area contributed by atoms with Crippen LogP contribution in [-0.4, -0.2) is 12.3 Å². The van der Waals surface area contributed by atoms with Crippen LogP contribution in [0.25, 0.3) is 0 Å². The van der Waals surface area contributed by atoms with E-state index < -0.39 is 0 Å². The average Bonchev–Trinajstić information content (AvgIpc) is 2.51. The average molecular weight is 344 g/mol. The summed E-state index contributed by atoms with van der Waals surface area (Å²) in [7, 11) is 0. The smallest absolute Gasteiger partial charge is 0.307 e. The van der Waals surface area contributed by atoms with Crippen LogP contribution in [0.4, 0.5) is 0 Å². The van der Waals surface area contributed by atoms with Gasteiger partial charge in [0.15, 0.2) is 0 Å². The fourth-order valence-corrected chi connectivity index (χ4v) is 5.33. The number of hydrogen-bond acceptors (Lipinski definition) is 3. The van der Waals surface area contributed by atoms with Gasteiger partial charge < -0.3 is 4.74 Å². The highest BCUT2D eigenvalue weighted by atomic mass is 16.5. The normalized spacial score (nSPS) is 32.3. The van der Waals surface area contributed by atoms with Gasteiger partial charge in [0, 0.05) is 12.5 Å². The molecule has 0 bridgehead atoms. The molecular weight excluding hydrogens is 312 g/mol. The van der Waals surface area contributed by atoms with Crippen molar-refractivity contribution in [1.82, 2.24) is 0 Å². The maximum Gasteiger partial charge on any atom is 0.307 e. The molecular formula is C22H32O3. The zero-order valence-corrected chi connectivity index (χ0v) is 16.1. The molecule has 3 atom stereocenters. The lowest BCUT2D eigenvalue weighted by atomic mass is 9.47. The predicted molar refractivity (Wildman–Crippen MR) is 101 cm³/mol. The van der Waals surface area contributed by atoms with Gasteiger partial charge in [0.05, 0.1) is 6.26 Å². The zero-order valence-electron chi connectivity index (χ0n) is 16.1. The van der Waals surface area contributed by atoms with Gasteiger partial charge >= 0.3 is 5.97 Å². The van der Waals surface area contributed by atoms with Crippen LogP contribution in [0, 0.1) is 22.7 Å². The molecule has 0 radical (unpaired) electrons. The van der Waals surface area contributed by atoms with Gasteiger partial charge in [0.2, 0.25) is 0 Å². The van der Waals surface area contributed by atoms with Crippen molar-refractivity contribution in [3.05, 3.63) is 36.1 Å². The number of esters is 1. The SMILES string of the molecule is C=C1CC[C@@H]2C(C)(C)CCC[C@@]2(C)[C@@H]1C/C=C(C=O)\C=C/OC(C)=O. The Morgan fingerprint density at radius 3 is 2.68 bits per heavy atom. The maximum atomic E-state index is 11.3. The number of carbonyl (C=O) groups excluding carboxylic acids is 2. The summed E-state index contributed by atoms with van der Waals surface area (Å²) in [6, 6.07) is 0. The van der Waals surface area contributed by atoms with Crippen LogP contribution in [0.1, 0.15) is 66.2 Å². The predicted octanol–water partition coefficient (Wildman–Crippen LogP) is 5.38. The van der Waals surface area contributed by atoms with E-state index >= 15 is 0 Å². The molecule has 2 aliphatic rings. The lowest BCUT2D eigenvalue weighted by Crippen LogP contribution is -2.49. The molecule has 0 heterocycles. The van der Waals surface area contributed by atoms with Gasteiger partial charge in [0.1, 0.15) is 6.29 Å². The minimum Gasteiger partial charge on any atom is -0.435 e. The van der Waals surface area contributed by atoms with Gasteiger partial charge in [-0.05, 0) is 60.8 Å². The second-order valence-electron chi connectivity index (χ2n) is 8.62. The third-order valence-corrected chi connectivity index (χ3v) is 6.54.